The van der Waals surface area contributed by atoms with Gasteiger partial charge in [0.2, 0.25) is 10.0 Å². The molecule has 1 atom stereocenters. The highest BCUT2D eigenvalue weighted by Gasteiger charge is 2.26. The van der Waals surface area contributed by atoms with Crippen molar-refractivity contribution >= 4 is 10.0 Å². The van der Waals surface area contributed by atoms with E-state index in [9.17, 15) is 8.42 Å². The molecule has 0 bridgehead atoms. The van der Waals surface area contributed by atoms with Crippen LogP contribution in [0, 0.1) is 13.8 Å². The van der Waals surface area contributed by atoms with Crippen molar-refractivity contribution in [3.8, 4) is 5.69 Å². The van der Waals surface area contributed by atoms with Crippen LogP contribution < -0.4 is 4.72 Å². The van der Waals surface area contributed by atoms with Crippen LogP contribution in [-0.2, 0) is 16.6 Å². The molecule has 7 heteroatoms. The summed E-state index contributed by atoms with van der Waals surface area (Å²) in [7, 11) is -3.15. The first-order chi connectivity index (χ1) is 11.3. The Bertz CT molecular complexity index is 815. The van der Waals surface area contributed by atoms with Crippen molar-refractivity contribution in [3.05, 3.63) is 47.3 Å². The van der Waals surface area contributed by atoms with Gasteiger partial charge in [-0.3, -0.25) is 4.90 Å². The second kappa shape index (κ2) is 6.66. The van der Waals surface area contributed by atoms with E-state index in [1.165, 1.54) is 11.8 Å². The molecule has 1 fully saturated rings. The van der Waals surface area contributed by atoms with Gasteiger partial charge in [-0.2, -0.15) is 5.10 Å². The number of hydrogen-bond acceptors (Lipinski definition) is 4. The molecule has 0 saturated carbocycles. The quantitative estimate of drug-likeness (QED) is 0.891. The Morgan fingerprint density at radius 2 is 1.96 bits per heavy atom. The van der Waals surface area contributed by atoms with E-state index in [0.717, 1.165) is 43.1 Å². The fourth-order valence-electron chi connectivity index (χ4n) is 3.32. The Morgan fingerprint density at radius 1 is 1.25 bits per heavy atom. The van der Waals surface area contributed by atoms with Crippen molar-refractivity contribution in [2.24, 2.45) is 0 Å². The Morgan fingerprint density at radius 3 is 2.62 bits per heavy atom. The van der Waals surface area contributed by atoms with E-state index in [-0.39, 0.29) is 6.04 Å². The van der Waals surface area contributed by atoms with Crippen molar-refractivity contribution in [1.29, 1.82) is 0 Å². The number of likely N-dealkylation sites (tertiary alicyclic amines) is 1. The van der Waals surface area contributed by atoms with Gasteiger partial charge in [0, 0.05) is 36.9 Å². The first-order valence-corrected chi connectivity index (χ1v) is 10.0. The van der Waals surface area contributed by atoms with Gasteiger partial charge >= 0.3 is 0 Å². The van der Waals surface area contributed by atoms with Crippen molar-refractivity contribution in [2.45, 2.75) is 32.9 Å². The summed E-state index contributed by atoms with van der Waals surface area (Å²) in [5, 5.41) is 4.68. The monoisotopic (exact) mass is 348 g/mol. The fraction of sp³-hybridized carbons (Fsp3) is 0.471. The van der Waals surface area contributed by atoms with E-state index in [1.54, 1.807) is 0 Å². The van der Waals surface area contributed by atoms with Crippen LogP contribution >= 0.6 is 0 Å². The summed E-state index contributed by atoms with van der Waals surface area (Å²) >= 11 is 0. The first kappa shape index (κ1) is 17.1. The normalized spacial score (nSPS) is 19.0. The summed E-state index contributed by atoms with van der Waals surface area (Å²) in [4.78, 5) is 2.29. The van der Waals surface area contributed by atoms with Gasteiger partial charge < -0.3 is 0 Å². The summed E-state index contributed by atoms with van der Waals surface area (Å²) in [6.45, 7) is 6.55. The fourth-order valence-corrected chi connectivity index (χ4v) is 4.12. The molecule has 1 aromatic carbocycles. The molecule has 130 valence electrons. The van der Waals surface area contributed by atoms with Crippen LogP contribution in [0.15, 0.2) is 30.3 Å². The number of aromatic nitrogens is 2. The molecular weight excluding hydrogens is 324 g/mol. The second-order valence-electron chi connectivity index (χ2n) is 6.51. The van der Waals surface area contributed by atoms with E-state index in [0.29, 0.717) is 0 Å². The maximum Gasteiger partial charge on any atom is 0.208 e. The van der Waals surface area contributed by atoms with Gasteiger partial charge in [0.15, 0.2) is 0 Å². The lowest BCUT2D eigenvalue weighted by Crippen LogP contribution is -2.36. The van der Waals surface area contributed by atoms with Crippen LogP contribution in [0.4, 0.5) is 0 Å². The molecule has 0 radical (unpaired) electrons. The predicted molar refractivity (Wildman–Crippen MR) is 94.7 cm³/mol. The first-order valence-electron chi connectivity index (χ1n) is 8.13. The van der Waals surface area contributed by atoms with Crippen molar-refractivity contribution in [3.63, 3.8) is 0 Å². The van der Waals surface area contributed by atoms with Crippen molar-refractivity contribution < 1.29 is 8.42 Å². The maximum absolute atomic E-state index is 11.4. The van der Waals surface area contributed by atoms with Crippen molar-refractivity contribution in [2.75, 3.05) is 19.3 Å². The average Bonchev–Trinajstić information content (AvgIpc) is 3.06. The van der Waals surface area contributed by atoms with Gasteiger partial charge in [-0.25, -0.2) is 17.8 Å². The van der Waals surface area contributed by atoms with E-state index in [2.05, 4.69) is 21.6 Å². The zero-order chi connectivity index (χ0) is 17.3. The molecule has 0 spiro atoms. The van der Waals surface area contributed by atoms with E-state index in [4.69, 9.17) is 0 Å². The van der Waals surface area contributed by atoms with Gasteiger partial charge in [-0.1, -0.05) is 18.2 Å². The minimum atomic E-state index is -3.15. The Balaban J connectivity index is 1.74. The number of hydrogen-bond donors (Lipinski definition) is 1. The Hall–Kier alpha value is -1.70. The van der Waals surface area contributed by atoms with E-state index >= 15 is 0 Å². The molecule has 2 aromatic rings. The van der Waals surface area contributed by atoms with E-state index < -0.39 is 10.0 Å². The third kappa shape index (κ3) is 3.85. The molecule has 2 heterocycles. The molecule has 1 aromatic heterocycles. The smallest absolute Gasteiger partial charge is 0.208 e. The number of nitrogens with zero attached hydrogens (tertiary/aromatic N) is 3. The lowest BCUT2D eigenvalue weighted by Gasteiger charge is -2.16. The maximum atomic E-state index is 11.4. The molecular formula is C17H24N4O2S. The van der Waals surface area contributed by atoms with Gasteiger partial charge in [-0.15, -0.1) is 0 Å². The van der Waals surface area contributed by atoms with Crippen LogP contribution in [0.3, 0.4) is 0 Å². The van der Waals surface area contributed by atoms with Crippen LogP contribution in [0.1, 0.15) is 23.4 Å². The largest absolute Gasteiger partial charge is 0.297 e. The number of sulfonamides is 1. The predicted octanol–water partition coefficient (Wildman–Crippen LogP) is 1.61. The standard InChI is InChI=1S/C17H24N4O2S/c1-13-17(12-20-10-9-15(11-20)19-24(3,22)23)14(2)21(18-13)16-7-5-4-6-8-16/h4-8,15,19H,9-12H2,1-3H3/t15-/m1/s1. The highest BCUT2D eigenvalue weighted by molar-refractivity contribution is 7.88. The highest BCUT2D eigenvalue weighted by atomic mass is 32.2. The van der Waals surface area contributed by atoms with Gasteiger partial charge in [0.1, 0.15) is 0 Å². The van der Waals surface area contributed by atoms with Gasteiger partial charge in [-0.05, 0) is 32.4 Å². The number of para-hydroxylation sites is 1. The van der Waals surface area contributed by atoms with Crippen LogP contribution in [0.5, 0.6) is 0 Å². The van der Waals surface area contributed by atoms with Crippen LogP contribution in [0.25, 0.3) is 5.69 Å². The average molecular weight is 348 g/mol. The molecule has 0 aliphatic carbocycles. The lowest BCUT2D eigenvalue weighted by molar-refractivity contribution is 0.323. The zero-order valence-electron chi connectivity index (χ0n) is 14.4. The molecule has 1 aliphatic heterocycles. The second-order valence-corrected chi connectivity index (χ2v) is 8.29. The van der Waals surface area contributed by atoms with Gasteiger partial charge in [0.05, 0.1) is 17.6 Å². The zero-order valence-corrected chi connectivity index (χ0v) is 15.2. The molecule has 1 aliphatic rings. The summed E-state index contributed by atoms with van der Waals surface area (Å²) < 4.78 is 27.4. The summed E-state index contributed by atoms with van der Waals surface area (Å²) in [6.07, 6.45) is 2.06. The topological polar surface area (TPSA) is 67.2 Å². The minimum absolute atomic E-state index is 0.00443. The summed E-state index contributed by atoms with van der Waals surface area (Å²) in [5.41, 5.74) is 4.44. The van der Waals surface area contributed by atoms with Crippen LogP contribution in [0.2, 0.25) is 0 Å². The minimum Gasteiger partial charge on any atom is -0.297 e. The molecule has 0 amide bonds. The summed E-state index contributed by atoms with van der Waals surface area (Å²) in [6, 6.07) is 10.1. The number of nitrogens with one attached hydrogen (secondary N) is 1. The summed E-state index contributed by atoms with van der Waals surface area (Å²) in [5.74, 6) is 0. The van der Waals surface area contributed by atoms with Crippen molar-refractivity contribution in [1.82, 2.24) is 19.4 Å². The Kier molecular flexibility index (Phi) is 4.76. The lowest BCUT2D eigenvalue weighted by atomic mass is 10.2. The molecule has 3 rings (SSSR count). The molecule has 24 heavy (non-hydrogen) atoms. The molecule has 0 unspecified atom stereocenters. The number of rotatable bonds is 5. The molecule has 6 nitrogen and oxygen atoms in total. The SMILES string of the molecule is Cc1nn(-c2ccccc2)c(C)c1CN1CC[C@@H](NS(C)(=O)=O)C1. The highest BCUT2D eigenvalue weighted by Crippen LogP contribution is 2.21. The third-order valence-electron chi connectivity index (χ3n) is 4.48. The third-order valence-corrected chi connectivity index (χ3v) is 5.24. The van der Waals surface area contributed by atoms with Crippen LogP contribution in [-0.4, -0.2) is 48.5 Å². The number of aryl methyl sites for hydroxylation is 1. The number of benzene rings is 1. The molecule has 1 saturated heterocycles. The van der Waals surface area contributed by atoms with E-state index in [1.807, 2.05) is 41.9 Å². The Labute approximate surface area is 143 Å². The molecule has 1 N–H and O–H groups in total. The van der Waals surface area contributed by atoms with Gasteiger partial charge in [0.25, 0.3) is 0 Å².